The molecule has 1 aromatic carbocycles. The van der Waals surface area contributed by atoms with Crippen molar-refractivity contribution < 1.29 is 52.1 Å². The number of rotatable bonds is 22. The molecule has 0 amide bonds. The number of benzene rings is 1. The highest BCUT2D eigenvalue weighted by atomic mass is 28.4. The van der Waals surface area contributed by atoms with Gasteiger partial charge >= 0.3 is 24.1 Å². The predicted molar refractivity (Wildman–Crippen MR) is 244 cm³/mol. The molecule has 13 heteroatoms. The molecule has 6 atom stereocenters. The number of carbonyl (C=O) groups excluding carboxylic acids is 5. The number of hydrogen-bond donors (Lipinski definition) is 0. The first-order valence-electron chi connectivity index (χ1n) is 22.4. The second kappa shape index (κ2) is 21.9. The fourth-order valence-corrected chi connectivity index (χ4v) is 9.87. The molecule has 0 spiro atoms. The van der Waals surface area contributed by atoms with Crippen LogP contribution in [0.2, 0.25) is 18.1 Å². The Bertz CT molecular complexity index is 2010. The smallest absolute Gasteiger partial charge is 0.342 e. The summed E-state index contributed by atoms with van der Waals surface area (Å²) < 4.78 is 30.8. The molecule has 0 saturated heterocycles. The number of methoxy groups -OCH3 is 1. The van der Waals surface area contributed by atoms with Gasteiger partial charge in [0.05, 0.1) is 36.4 Å². The van der Waals surface area contributed by atoms with Crippen LogP contribution in [0.1, 0.15) is 119 Å². The number of hydrogen-bond acceptors (Lipinski definition) is 10. The molecular weight excluding hydrogens is 817 g/mol. The summed E-state index contributed by atoms with van der Waals surface area (Å²) in [5, 5.41) is -0.233. The number of allylic oxidation sites excluding steroid dienone is 5. The van der Waals surface area contributed by atoms with Crippen LogP contribution in [-0.4, -0.2) is 74.7 Å². The Kier molecular flexibility index (Phi) is 17.7. The Morgan fingerprint density at radius 3 is 2.24 bits per heavy atom. The topological polar surface area (TPSA) is 168 Å². The summed E-state index contributed by atoms with van der Waals surface area (Å²) in [4.78, 5) is 74.2. The zero-order valence-corrected chi connectivity index (χ0v) is 40.4. The van der Waals surface area contributed by atoms with Crippen LogP contribution >= 0.6 is 0 Å². The van der Waals surface area contributed by atoms with Gasteiger partial charge in [0.15, 0.2) is 14.1 Å². The van der Waals surface area contributed by atoms with Crippen molar-refractivity contribution >= 4 is 44.0 Å². The first-order chi connectivity index (χ1) is 29.6. The molecule has 0 aromatic heterocycles. The standard InChI is InChI=1S/C50H70N2O10Si/c1-12-14-16-17-18-20-21-34-27-38-44(59-31-33-23-25-35(58-9)26-24-33)42(36(34)28-40(39(53)22-19-15-13-2)62-63(10,11)49(6,7)8)43-37(45(55)61-46(43)56)29-50(38,41(54)30-52-51)32-60-47(57)48(3,4)5/h12-15,23-27,30,34,36,40,42,44H,16-22,28-29,31-32H2,1-11H3/b14-12+,15-13+/t34-,36+,40?,42?,44?,50+/m1/s1. The van der Waals surface area contributed by atoms with Gasteiger partial charge < -0.3 is 28.9 Å². The molecule has 344 valence electrons. The number of cyclic esters (lactones) is 2. The van der Waals surface area contributed by atoms with Crippen LogP contribution in [0.25, 0.3) is 5.53 Å². The van der Waals surface area contributed by atoms with E-state index in [2.05, 4.69) is 44.7 Å². The zero-order chi connectivity index (χ0) is 46.8. The van der Waals surface area contributed by atoms with E-state index in [1.54, 1.807) is 40.0 Å². The minimum Gasteiger partial charge on any atom is -0.497 e. The fourth-order valence-electron chi connectivity index (χ4n) is 8.57. The van der Waals surface area contributed by atoms with Crippen molar-refractivity contribution in [3.8, 4) is 5.75 Å². The molecule has 0 N–H and O–H groups in total. The highest BCUT2D eigenvalue weighted by molar-refractivity contribution is 6.74. The average molecular weight is 887 g/mol. The molecule has 0 fully saturated rings. The molecule has 2 aliphatic carbocycles. The fraction of sp³-hybridized carbons (Fsp3) is 0.600. The summed E-state index contributed by atoms with van der Waals surface area (Å²) in [5.41, 5.74) is 8.30. The third kappa shape index (κ3) is 12.4. The Balaban J connectivity index is 2.06. The maximum absolute atomic E-state index is 14.8. The Labute approximate surface area is 375 Å². The lowest BCUT2D eigenvalue weighted by atomic mass is 9.61. The molecule has 0 radical (unpaired) electrons. The third-order valence-corrected chi connectivity index (χ3v) is 17.7. The summed E-state index contributed by atoms with van der Waals surface area (Å²) in [6, 6.07) is 7.29. The van der Waals surface area contributed by atoms with E-state index in [0.29, 0.717) is 24.2 Å². The highest BCUT2D eigenvalue weighted by Crippen LogP contribution is 2.56. The number of ether oxygens (including phenoxy) is 4. The lowest BCUT2D eigenvalue weighted by Gasteiger charge is -2.47. The highest BCUT2D eigenvalue weighted by Gasteiger charge is 2.61. The Morgan fingerprint density at radius 2 is 1.63 bits per heavy atom. The summed E-state index contributed by atoms with van der Waals surface area (Å²) in [6.07, 6.45) is 13.6. The second-order valence-corrected chi connectivity index (χ2v) is 24.5. The van der Waals surface area contributed by atoms with Gasteiger partial charge in [0.1, 0.15) is 23.9 Å². The Hall–Kier alpha value is -4.55. The number of ketones is 2. The SMILES string of the molecule is C/C=C/CCCCC[C@@H]1C=C2C(OCc3ccc(OC)cc3)C(C3=C(C[C@@]2(COC(=O)C(C)(C)C)C(=O)C=[N+]=[N-])C(=O)OC3=O)[C@H]1CC(O[Si](C)(C)C(C)(C)C)C(=O)CC/C=C/C. The first kappa shape index (κ1) is 51.1. The van der Waals surface area contributed by atoms with E-state index in [-0.39, 0.29) is 53.8 Å². The zero-order valence-electron chi connectivity index (χ0n) is 39.4. The molecule has 63 heavy (non-hydrogen) atoms. The molecule has 1 aromatic rings. The second-order valence-electron chi connectivity index (χ2n) is 19.7. The van der Waals surface area contributed by atoms with E-state index in [0.717, 1.165) is 37.5 Å². The molecule has 3 aliphatic rings. The van der Waals surface area contributed by atoms with Crippen molar-refractivity contribution in [2.45, 2.75) is 150 Å². The van der Waals surface area contributed by atoms with E-state index >= 15 is 0 Å². The third-order valence-electron chi connectivity index (χ3n) is 13.2. The van der Waals surface area contributed by atoms with E-state index in [1.165, 1.54) is 0 Å². The van der Waals surface area contributed by atoms with Crippen molar-refractivity contribution in [3.63, 3.8) is 0 Å². The molecule has 0 saturated carbocycles. The summed E-state index contributed by atoms with van der Waals surface area (Å²) >= 11 is 0. The van der Waals surface area contributed by atoms with Crippen molar-refractivity contribution in [2.75, 3.05) is 13.7 Å². The summed E-state index contributed by atoms with van der Waals surface area (Å²) in [7, 11) is -1.01. The molecular formula is C50H70N2O10Si. The van der Waals surface area contributed by atoms with E-state index in [9.17, 15) is 29.5 Å². The van der Waals surface area contributed by atoms with Crippen LogP contribution < -0.4 is 4.74 Å². The number of fused-ring (bicyclic) bond motifs is 3. The molecule has 1 heterocycles. The molecule has 2 bridgehead atoms. The summed E-state index contributed by atoms with van der Waals surface area (Å²) in [6.45, 7) is 19.0. The van der Waals surface area contributed by atoms with Crippen LogP contribution in [0, 0.1) is 28.6 Å². The average Bonchev–Trinajstić information content (AvgIpc) is 3.44. The van der Waals surface area contributed by atoms with Gasteiger partial charge in [0, 0.05) is 18.8 Å². The maximum Gasteiger partial charge on any atom is 0.342 e. The van der Waals surface area contributed by atoms with Crippen LogP contribution in [0.3, 0.4) is 0 Å². The lowest BCUT2D eigenvalue weighted by Crippen LogP contribution is -2.51. The maximum atomic E-state index is 14.8. The quantitative estimate of drug-likeness (QED) is 0.0160. The van der Waals surface area contributed by atoms with Crippen LogP contribution in [0.15, 0.2) is 71.4 Å². The molecule has 1 aliphatic heterocycles. The first-order valence-corrected chi connectivity index (χ1v) is 25.3. The summed E-state index contributed by atoms with van der Waals surface area (Å²) in [5.74, 6) is -4.27. The minimum absolute atomic E-state index is 0.0166. The number of Topliss-reactive ketones (excluding diaryl/α,β-unsaturated/α-hetero) is 2. The van der Waals surface area contributed by atoms with Crippen molar-refractivity contribution in [1.82, 2.24) is 0 Å². The van der Waals surface area contributed by atoms with Gasteiger partial charge in [-0.2, -0.15) is 4.79 Å². The Morgan fingerprint density at radius 1 is 0.968 bits per heavy atom. The monoisotopic (exact) mass is 886 g/mol. The van der Waals surface area contributed by atoms with E-state index in [4.69, 9.17) is 23.4 Å². The number of unbranched alkanes of at least 4 members (excludes halogenated alkanes) is 3. The van der Waals surface area contributed by atoms with Crippen LogP contribution in [0.4, 0.5) is 0 Å². The van der Waals surface area contributed by atoms with Gasteiger partial charge in [0.25, 0.3) is 0 Å². The van der Waals surface area contributed by atoms with Crippen LogP contribution in [-0.2, 0) is 49.2 Å². The number of esters is 3. The normalized spacial score (nSPS) is 23.2. The van der Waals surface area contributed by atoms with Gasteiger partial charge in [0.2, 0.25) is 5.78 Å². The van der Waals surface area contributed by atoms with Gasteiger partial charge in [-0.1, -0.05) is 76.1 Å². The van der Waals surface area contributed by atoms with Gasteiger partial charge in [-0.3, -0.25) is 14.4 Å². The van der Waals surface area contributed by atoms with E-state index < -0.39 is 73.5 Å². The van der Waals surface area contributed by atoms with E-state index in [1.807, 2.05) is 50.3 Å². The molecule has 12 nitrogen and oxygen atoms in total. The lowest BCUT2D eigenvalue weighted by molar-refractivity contribution is -0.157. The van der Waals surface area contributed by atoms with Crippen molar-refractivity contribution in [1.29, 1.82) is 0 Å². The predicted octanol–water partition coefficient (Wildman–Crippen LogP) is 9.83. The largest absolute Gasteiger partial charge is 0.497 e. The van der Waals surface area contributed by atoms with Gasteiger partial charge in [-0.05, 0) is 120 Å². The minimum atomic E-state index is -2.58. The molecule has 3 unspecified atom stereocenters. The van der Waals surface area contributed by atoms with Gasteiger partial charge in [-0.25, -0.2) is 9.59 Å². The van der Waals surface area contributed by atoms with Crippen LogP contribution in [0.5, 0.6) is 5.75 Å². The van der Waals surface area contributed by atoms with Crippen molar-refractivity contribution in [3.05, 3.63) is 82.5 Å². The number of nitrogens with zero attached hydrogens (tertiary/aromatic N) is 2. The molecule has 4 rings (SSSR count). The number of carbonyl (C=O) groups is 5. The van der Waals surface area contributed by atoms with Crippen molar-refractivity contribution in [2.24, 2.45) is 28.6 Å². The van der Waals surface area contributed by atoms with Gasteiger partial charge in [-0.15, -0.1) is 0 Å².